The molecule has 0 radical (unpaired) electrons. The fraction of sp³-hybridized carbons (Fsp3) is 0.450. The van der Waals surface area contributed by atoms with Crippen LogP contribution in [0, 0.1) is 27.7 Å². The number of esters is 4. The van der Waals surface area contributed by atoms with Gasteiger partial charge in [0.15, 0.2) is 0 Å². The highest BCUT2D eigenvalue weighted by Crippen LogP contribution is 2.33. The van der Waals surface area contributed by atoms with Gasteiger partial charge in [0, 0.05) is 34.2 Å². The van der Waals surface area contributed by atoms with Gasteiger partial charge in [0.2, 0.25) is 12.2 Å². The molecule has 2 aromatic rings. The summed E-state index contributed by atoms with van der Waals surface area (Å²) in [5, 5.41) is 0. The zero-order valence-corrected chi connectivity index (χ0v) is 32.3. The van der Waals surface area contributed by atoms with Crippen molar-refractivity contribution in [3.8, 4) is 0 Å². The molecule has 0 fully saturated rings. The lowest BCUT2D eigenvalue weighted by Crippen LogP contribution is -2.47. The van der Waals surface area contributed by atoms with Crippen LogP contribution in [0.3, 0.4) is 0 Å². The second-order valence-electron chi connectivity index (χ2n) is 13.1. The van der Waals surface area contributed by atoms with Crippen molar-refractivity contribution in [2.45, 2.75) is 107 Å². The van der Waals surface area contributed by atoms with Gasteiger partial charge in [-0.25, -0.2) is 9.59 Å². The van der Waals surface area contributed by atoms with Gasteiger partial charge in [0.25, 0.3) is 0 Å². The molecule has 0 unspecified atom stereocenters. The van der Waals surface area contributed by atoms with Crippen LogP contribution in [0.1, 0.15) is 99.4 Å². The van der Waals surface area contributed by atoms with E-state index >= 15 is 0 Å². The van der Waals surface area contributed by atoms with E-state index in [1.807, 2.05) is 39.8 Å². The van der Waals surface area contributed by atoms with E-state index in [9.17, 15) is 19.2 Å². The number of aromatic nitrogens is 2. The number of allylic oxidation sites excluding steroid dienone is 2. The van der Waals surface area contributed by atoms with Crippen LogP contribution < -0.4 is 0 Å². The van der Waals surface area contributed by atoms with Gasteiger partial charge in [-0.2, -0.15) is 0 Å². The van der Waals surface area contributed by atoms with E-state index in [2.05, 4.69) is 47.6 Å². The Morgan fingerprint density at radius 3 is 1.25 bits per heavy atom. The number of rotatable bonds is 13. The van der Waals surface area contributed by atoms with E-state index in [4.69, 9.17) is 18.9 Å². The first kappa shape index (κ1) is 39.5. The molecule has 2 atom stereocenters. The Morgan fingerprint density at radius 2 is 0.962 bits per heavy atom. The van der Waals surface area contributed by atoms with E-state index < -0.39 is 36.1 Å². The number of aryl methyl sites for hydroxylation is 2. The molecule has 0 saturated heterocycles. The second kappa shape index (κ2) is 16.4. The normalized spacial score (nSPS) is 17.1. The monoisotopic (exact) mass is 714 g/mol. The highest BCUT2D eigenvalue weighted by atomic mass is 16.6. The first-order valence-electron chi connectivity index (χ1n) is 17.4. The number of carbonyl (C=O) groups excluding carboxylic acids is 4. The van der Waals surface area contributed by atoms with Gasteiger partial charge < -0.3 is 28.9 Å². The Bertz CT molecular complexity index is 1850. The van der Waals surface area contributed by atoms with E-state index in [1.165, 1.54) is 11.1 Å². The topological polar surface area (TPSA) is 161 Å². The Morgan fingerprint density at radius 1 is 0.615 bits per heavy atom. The van der Waals surface area contributed by atoms with Gasteiger partial charge in [-0.15, -0.1) is 0 Å². The van der Waals surface area contributed by atoms with Gasteiger partial charge in [0.1, 0.15) is 0 Å². The van der Waals surface area contributed by atoms with Crippen molar-refractivity contribution >= 4 is 47.5 Å². The minimum atomic E-state index is -1.92. The van der Waals surface area contributed by atoms with Gasteiger partial charge in [-0.3, -0.25) is 19.6 Å². The molecule has 0 spiro atoms. The van der Waals surface area contributed by atoms with Crippen molar-refractivity contribution in [3.63, 3.8) is 0 Å². The third kappa shape index (κ3) is 8.11. The van der Waals surface area contributed by atoms with Crippen molar-refractivity contribution in [2.75, 3.05) is 14.2 Å². The fourth-order valence-corrected chi connectivity index (χ4v) is 6.93. The predicted octanol–water partition coefficient (Wildman–Crippen LogP) is 6.62. The molecule has 2 aliphatic heterocycles. The Labute approximate surface area is 305 Å². The summed E-state index contributed by atoms with van der Waals surface area (Å²) in [6.45, 7) is 19.6. The third-order valence-corrected chi connectivity index (χ3v) is 9.96. The van der Waals surface area contributed by atoms with Crippen LogP contribution in [0.2, 0.25) is 0 Å². The molecule has 12 heteroatoms. The van der Waals surface area contributed by atoms with Crippen LogP contribution >= 0.6 is 0 Å². The fourth-order valence-electron chi connectivity index (χ4n) is 6.93. The number of hydrogen-bond acceptors (Lipinski definition) is 10. The van der Waals surface area contributed by atoms with Crippen LogP contribution in [-0.4, -0.2) is 71.7 Å². The Hall–Kier alpha value is -5.26. The lowest BCUT2D eigenvalue weighted by atomic mass is 10.0. The molecular formula is C40H50N4O8. The quantitative estimate of drug-likeness (QED) is 0.173. The minimum absolute atomic E-state index is 0.257. The number of ether oxygens (including phenoxy) is 4. The number of carbonyl (C=O) groups is 4. The summed E-state index contributed by atoms with van der Waals surface area (Å²) in [4.78, 5) is 68.8. The first-order valence-corrected chi connectivity index (χ1v) is 17.4. The molecule has 278 valence electrons. The van der Waals surface area contributed by atoms with Crippen molar-refractivity contribution in [3.05, 3.63) is 78.7 Å². The van der Waals surface area contributed by atoms with Crippen molar-refractivity contribution < 1.29 is 38.1 Å². The zero-order valence-electron chi connectivity index (χ0n) is 32.3. The minimum Gasteiger partial charge on any atom is -0.466 e. The number of methoxy groups -OCH3 is 2. The number of nitrogens with one attached hydrogen (secondary N) is 2. The molecule has 0 aliphatic carbocycles. The molecule has 0 saturated carbocycles. The zero-order chi connectivity index (χ0) is 38.6. The maximum atomic E-state index is 13.4. The van der Waals surface area contributed by atoms with Crippen molar-refractivity contribution in [1.82, 2.24) is 9.97 Å². The van der Waals surface area contributed by atoms with Gasteiger partial charge in [0.05, 0.1) is 38.5 Å². The molecule has 0 bridgehead atoms. The highest BCUT2D eigenvalue weighted by Gasteiger charge is 2.42. The molecule has 2 aliphatic rings. The van der Waals surface area contributed by atoms with Crippen LogP contribution in [0.25, 0.3) is 12.2 Å². The van der Waals surface area contributed by atoms with Gasteiger partial charge in [-0.1, -0.05) is 13.8 Å². The number of aromatic amines is 2. The maximum Gasteiger partial charge on any atom is 0.351 e. The summed E-state index contributed by atoms with van der Waals surface area (Å²) in [5.41, 5.74) is 14.2. The standard InChI is InChI=1S/C40H50N4O8/c1-13-27-19(3)31(41-23(27)7)17-33-21(5)29(25(9)43-33)15-35(45)51-37(39(47)49-11)38(40(48)50-12)52-36(46)16-30-22(6)34(44-26(30)10)18-32-20(4)28(14-2)24(8)42-32/h17-18,37-38,41-42H,13-16H2,1-12H3/t37-,38+. The number of nitrogens with zero attached hydrogens (tertiary/aromatic N) is 2. The predicted molar refractivity (Wildman–Crippen MR) is 200 cm³/mol. The molecule has 2 N–H and O–H groups in total. The van der Waals surface area contributed by atoms with Gasteiger partial charge in [-0.05, 0) is 125 Å². The van der Waals surface area contributed by atoms with E-state index in [0.29, 0.717) is 34.0 Å². The summed E-state index contributed by atoms with van der Waals surface area (Å²) in [6, 6.07) is 0. The average Bonchev–Trinajstić information content (AvgIpc) is 3.73. The summed E-state index contributed by atoms with van der Waals surface area (Å²) >= 11 is 0. The van der Waals surface area contributed by atoms with Crippen LogP contribution in [0.4, 0.5) is 0 Å². The first-order chi connectivity index (χ1) is 24.6. The summed E-state index contributed by atoms with van der Waals surface area (Å²) < 4.78 is 20.8. The smallest absolute Gasteiger partial charge is 0.351 e. The number of H-pyrrole nitrogens is 2. The van der Waals surface area contributed by atoms with E-state index in [-0.39, 0.29) is 12.8 Å². The molecule has 0 amide bonds. The van der Waals surface area contributed by atoms with Crippen LogP contribution in [-0.2, 0) is 51.0 Å². The molecule has 4 rings (SSSR count). The second-order valence-corrected chi connectivity index (χ2v) is 13.1. The molecular weight excluding hydrogens is 664 g/mol. The SMILES string of the molecule is CCc1c(C)[nH]c(C=C2N=C(C)C(CC(=O)O[C@H](C(=O)OC)[C@@H](OC(=O)CC3=C(C)C(=Cc4[nH]c(C)c(CC)c4C)N=C3C)C(=O)OC)=C2C)c1C. The molecule has 52 heavy (non-hydrogen) atoms. The molecule has 4 heterocycles. The average molecular weight is 715 g/mol. The lowest BCUT2D eigenvalue weighted by Gasteiger charge is -2.23. The third-order valence-electron chi connectivity index (χ3n) is 9.96. The Balaban J connectivity index is 1.54. The summed E-state index contributed by atoms with van der Waals surface area (Å²) in [6.07, 6.45) is 1.32. The van der Waals surface area contributed by atoms with Crippen LogP contribution in [0.15, 0.2) is 43.7 Å². The van der Waals surface area contributed by atoms with E-state index in [1.54, 1.807) is 13.8 Å². The van der Waals surface area contributed by atoms with Gasteiger partial charge >= 0.3 is 23.9 Å². The maximum absolute atomic E-state index is 13.4. The summed E-state index contributed by atoms with van der Waals surface area (Å²) in [7, 11) is 2.14. The Kier molecular flexibility index (Phi) is 12.5. The molecule has 0 aromatic carbocycles. The number of aliphatic imine (C=N–C) groups is 2. The highest BCUT2D eigenvalue weighted by molar-refractivity contribution is 6.07. The van der Waals surface area contributed by atoms with Crippen molar-refractivity contribution in [2.24, 2.45) is 9.98 Å². The largest absolute Gasteiger partial charge is 0.466 e. The molecule has 2 aromatic heterocycles. The van der Waals surface area contributed by atoms with Crippen molar-refractivity contribution in [1.29, 1.82) is 0 Å². The summed E-state index contributed by atoms with van der Waals surface area (Å²) in [5.74, 6) is -3.88. The van der Waals surface area contributed by atoms with Crippen LogP contribution in [0.5, 0.6) is 0 Å². The van der Waals surface area contributed by atoms with E-state index in [0.717, 1.165) is 72.1 Å². The lowest BCUT2D eigenvalue weighted by molar-refractivity contribution is -0.189. The number of hydrogen-bond donors (Lipinski definition) is 2. The molecule has 12 nitrogen and oxygen atoms in total.